The Balaban J connectivity index is 1.65. The molecule has 0 saturated carbocycles. The first-order valence-electron chi connectivity index (χ1n) is 9.65. The van der Waals surface area contributed by atoms with Crippen LogP contribution in [0, 0.1) is 6.92 Å². The number of hydrogen-bond donors (Lipinski definition) is 1. The number of benzene rings is 2. The summed E-state index contributed by atoms with van der Waals surface area (Å²) in [7, 11) is 4.72. The highest BCUT2D eigenvalue weighted by atomic mass is 16.5. The van der Waals surface area contributed by atoms with Crippen LogP contribution in [0.4, 0.5) is 11.6 Å². The first-order valence-corrected chi connectivity index (χ1v) is 9.65. The Morgan fingerprint density at radius 1 is 0.903 bits per heavy atom. The third kappa shape index (κ3) is 4.13. The molecule has 0 radical (unpaired) electrons. The molecule has 8 nitrogen and oxygen atoms in total. The lowest BCUT2D eigenvalue weighted by Gasteiger charge is -2.14. The van der Waals surface area contributed by atoms with Crippen LogP contribution in [0.3, 0.4) is 0 Å². The maximum Gasteiger partial charge on any atom is 0.227 e. The predicted molar refractivity (Wildman–Crippen MR) is 119 cm³/mol. The summed E-state index contributed by atoms with van der Waals surface area (Å²) in [6, 6.07) is 15.4. The van der Waals surface area contributed by atoms with Crippen molar-refractivity contribution in [2.45, 2.75) is 6.92 Å². The lowest BCUT2D eigenvalue weighted by atomic mass is 10.2. The summed E-state index contributed by atoms with van der Waals surface area (Å²) < 4.78 is 18.0. The van der Waals surface area contributed by atoms with Crippen molar-refractivity contribution in [3.8, 4) is 34.2 Å². The number of ether oxygens (including phenoxy) is 3. The molecule has 2 aromatic heterocycles. The van der Waals surface area contributed by atoms with Crippen LogP contribution in [0.2, 0.25) is 0 Å². The van der Waals surface area contributed by atoms with E-state index < -0.39 is 0 Å². The van der Waals surface area contributed by atoms with Crippen LogP contribution >= 0.6 is 0 Å². The van der Waals surface area contributed by atoms with Gasteiger partial charge in [0.1, 0.15) is 0 Å². The zero-order valence-corrected chi connectivity index (χ0v) is 17.8. The van der Waals surface area contributed by atoms with Gasteiger partial charge in [0.05, 0.1) is 38.4 Å². The number of anilines is 2. The molecule has 0 saturated heterocycles. The molecule has 0 aliphatic heterocycles. The zero-order chi connectivity index (χ0) is 21.8. The lowest BCUT2D eigenvalue weighted by Crippen LogP contribution is -2.00. The number of methoxy groups -OCH3 is 3. The molecular formula is C23H23N5O3. The second-order valence-corrected chi connectivity index (χ2v) is 6.71. The van der Waals surface area contributed by atoms with Crippen LogP contribution in [0.15, 0.2) is 60.9 Å². The van der Waals surface area contributed by atoms with Crippen molar-refractivity contribution >= 4 is 11.6 Å². The number of nitrogens with zero attached hydrogens (tertiary/aromatic N) is 4. The van der Waals surface area contributed by atoms with Gasteiger partial charge < -0.3 is 19.5 Å². The van der Waals surface area contributed by atoms with Gasteiger partial charge in [-0.15, -0.1) is 0 Å². The van der Waals surface area contributed by atoms with Gasteiger partial charge in [-0.1, -0.05) is 18.2 Å². The molecule has 4 aromatic rings. The Morgan fingerprint density at radius 2 is 1.61 bits per heavy atom. The summed E-state index contributed by atoms with van der Waals surface area (Å²) in [6.07, 6.45) is 3.68. The van der Waals surface area contributed by atoms with Gasteiger partial charge in [-0.3, -0.25) is 0 Å². The van der Waals surface area contributed by atoms with Crippen LogP contribution in [0.1, 0.15) is 5.69 Å². The van der Waals surface area contributed by atoms with Gasteiger partial charge in [-0.05, 0) is 25.1 Å². The molecule has 0 spiro atoms. The molecule has 4 rings (SSSR count). The van der Waals surface area contributed by atoms with Crippen molar-refractivity contribution in [3.63, 3.8) is 0 Å². The van der Waals surface area contributed by atoms with E-state index in [1.165, 1.54) is 0 Å². The van der Waals surface area contributed by atoms with Crippen molar-refractivity contribution in [2.24, 2.45) is 0 Å². The van der Waals surface area contributed by atoms with Crippen LogP contribution in [-0.4, -0.2) is 41.1 Å². The molecule has 8 heteroatoms. The highest BCUT2D eigenvalue weighted by Crippen LogP contribution is 2.40. The molecule has 31 heavy (non-hydrogen) atoms. The minimum atomic E-state index is 0.443. The smallest absolute Gasteiger partial charge is 0.227 e. The second-order valence-electron chi connectivity index (χ2n) is 6.71. The second kappa shape index (κ2) is 8.74. The van der Waals surface area contributed by atoms with E-state index in [0.29, 0.717) is 28.9 Å². The third-order valence-electron chi connectivity index (χ3n) is 4.77. The molecule has 0 atom stereocenters. The molecule has 0 aliphatic carbocycles. The molecular weight excluding hydrogens is 394 g/mol. The van der Waals surface area contributed by atoms with E-state index >= 15 is 0 Å². The molecule has 158 valence electrons. The number of nitrogens with one attached hydrogen (secondary N) is 1. The number of rotatable bonds is 7. The SMILES string of the molecule is COc1cc(Nc2nccc(-c3cn(-c4ccccc4)nc3C)n2)cc(OC)c1OC. The molecule has 1 N–H and O–H groups in total. The summed E-state index contributed by atoms with van der Waals surface area (Å²) >= 11 is 0. The minimum absolute atomic E-state index is 0.443. The van der Waals surface area contributed by atoms with Crippen molar-refractivity contribution < 1.29 is 14.2 Å². The topological polar surface area (TPSA) is 83.3 Å². The van der Waals surface area contributed by atoms with Crippen molar-refractivity contribution in [2.75, 3.05) is 26.6 Å². The monoisotopic (exact) mass is 417 g/mol. The molecule has 0 amide bonds. The number of aromatic nitrogens is 4. The zero-order valence-electron chi connectivity index (χ0n) is 17.8. The molecule has 0 aliphatic rings. The van der Waals surface area contributed by atoms with Gasteiger partial charge >= 0.3 is 0 Å². The molecule has 0 bridgehead atoms. The van der Waals surface area contributed by atoms with Gasteiger partial charge in [0, 0.05) is 35.8 Å². The first-order chi connectivity index (χ1) is 15.1. The number of hydrogen-bond acceptors (Lipinski definition) is 7. The van der Waals surface area contributed by atoms with E-state index in [0.717, 1.165) is 22.6 Å². The van der Waals surface area contributed by atoms with E-state index in [1.54, 1.807) is 39.7 Å². The average Bonchev–Trinajstić information content (AvgIpc) is 3.20. The first kappa shape index (κ1) is 20.2. The fourth-order valence-corrected chi connectivity index (χ4v) is 3.28. The Bertz CT molecular complexity index is 1170. The average molecular weight is 417 g/mol. The highest BCUT2D eigenvalue weighted by molar-refractivity contribution is 5.67. The van der Waals surface area contributed by atoms with Gasteiger partial charge in [-0.2, -0.15) is 5.10 Å². The standard InChI is InChI=1S/C23H23N5O3/c1-15-18(14-28(27-15)17-8-6-5-7-9-17)19-10-11-24-23(26-19)25-16-12-20(29-2)22(31-4)21(13-16)30-3/h5-14H,1-4H3,(H,24,25,26). The van der Waals surface area contributed by atoms with E-state index in [9.17, 15) is 0 Å². The Labute approximate surface area is 180 Å². The number of aryl methyl sites for hydroxylation is 1. The van der Waals surface area contributed by atoms with E-state index in [4.69, 9.17) is 14.2 Å². The van der Waals surface area contributed by atoms with Gasteiger partial charge in [0.15, 0.2) is 11.5 Å². The Kier molecular flexibility index (Phi) is 5.70. The normalized spacial score (nSPS) is 10.6. The van der Waals surface area contributed by atoms with Crippen LogP contribution < -0.4 is 19.5 Å². The van der Waals surface area contributed by atoms with Crippen molar-refractivity contribution in [1.29, 1.82) is 0 Å². The fraction of sp³-hybridized carbons (Fsp3) is 0.174. The summed E-state index contributed by atoms with van der Waals surface area (Å²) in [5.41, 5.74) is 4.27. The van der Waals surface area contributed by atoms with Gasteiger partial charge in [0.2, 0.25) is 11.7 Å². The largest absolute Gasteiger partial charge is 0.493 e. The molecule has 0 unspecified atom stereocenters. The van der Waals surface area contributed by atoms with Gasteiger partial charge in [0.25, 0.3) is 0 Å². The predicted octanol–water partition coefficient (Wildman–Crippen LogP) is 4.41. The third-order valence-corrected chi connectivity index (χ3v) is 4.77. The van der Waals surface area contributed by atoms with Crippen LogP contribution in [0.5, 0.6) is 17.2 Å². The molecule has 2 aromatic carbocycles. The van der Waals surface area contributed by atoms with E-state index in [2.05, 4.69) is 20.4 Å². The van der Waals surface area contributed by atoms with Crippen LogP contribution in [-0.2, 0) is 0 Å². The Morgan fingerprint density at radius 3 is 2.26 bits per heavy atom. The highest BCUT2D eigenvalue weighted by Gasteiger charge is 2.15. The molecule has 0 fully saturated rings. The van der Waals surface area contributed by atoms with Crippen molar-refractivity contribution in [3.05, 3.63) is 66.6 Å². The van der Waals surface area contributed by atoms with E-state index in [-0.39, 0.29) is 0 Å². The maximum absolute atomic E-state index is 5.41. The maximum atomic E-state index is 5.41. The molecule has 2 heterocycles. The van der Waals surface area contributed by atoms with Crippen molar-refractivity contribution in [1.82, 2.24) is 19.7 Å². The lowest BCUT2D eigenvalue weighted by molar-refractivity contribution is 0.324. The summed E-state index contributed by atoms with van der Waals surface area (Å²) in [5, 5.41) is 7.83. The quantitative estimate of drug-likeness (QED) is 0.477. The van der Waals surface area contributed by atoms with Crippen LogP contribution in [0.25, 0.3) is 16.9 Å². The Hall–Kier alpha value is -4.07. The fourth-order valence-electron chi connectivity index (χ4n) is 3.28. The summed E-state index contributed by atoms with van der Waals surface area (Å²) in [4.78, 5) is 9.02. The summed E-state index contributed by atoms with van der Waals surface area (Å²) in [6.45, 7) is 1.96. The van der Waals surface area contributed by atoms with Gasteiger partial charge in [-0.25, -0.2) is 14.6 Å². The summed E-state index contributed by atoms with van der Waals surface area (Å²) in [5.74, 6) is 2.05. The van der Waals surface area contributed by atoms with E-state index in [1.807, 2.05) is 54.2 Å². The minimum Gasteiger partial charge on any atom is -0.493 e. The number of para-hydroxylation sites is 1.